The molecule has 2 aromatic heterocycles. The smallest absolute Gasteiger partial charge is 0.289 e. The van der Waals surface area contributed by atoms with Gasteiger partial charge in [-0.25, -0.2) is 0 Å². The maximum Gasteiger partial charge on any atom is 0.289 e. The zero-order valence-electron chi connectivity index (χ0n) is 17.9. The number of carbonyl (C=O) groups is 2. The van der Waals surface area contributed by atoms with Crippen molar-refractivity contribution in [2.75, 3.05) is 26.2 Å². The van der Waals surface area contributed by atoms with Gasteiger partial charge < -0.3 is 14.2 Å². The van der Waals surface area contributed by atoms with Gasteiger partial charge in [-0.05, 0) is 50.5 Å². The van der Waals surface area contributed by atoms with Gasteiger partial charge in [-0.2, -0.15) is 5.10 Å². The lowest BCUT2D eigenvalue weighted by atomic mass is 9.93. The van der Waals surface area contributed by atoms with E-state index in [2.05, 4.69) is 6.92 Å². The maximum absolute atomic E-state index is 12.9. The zero-order valence-corrected chi connectivity index (χ0v) is 17.9. The molecule has 0 spiro atoms. The summed E-state index contributed by atoms with van der Waals surface area (Å²) in [5, 5.41) is 4.76. The molecule has 2 saturated heterocycles. The molecule has 7 nitrogen and oxygen atoms in total. The Morgan fingerprint density at radius 1 is 1.10 bits per heavy atom. The molecule has 4 heterocycles. The quantitative estimate of drug-likeness (QED) is 0.780. The number of furan rings is 1. The topological polar surface area (TPSA) is 71.6 Å². The van der Waals surface area contributed by atoms with Crippen LogP contribution in [0.3, 0.4) is 0 Å². The van der Waals surface area contributed by atoms with Gasteiger partial charge in [-0.3, -0.25) is 14.3 Å². The van der Waals surface area contributed by atoms with Crippen LogP contribution in [-0.4, -0.2) is 57.6 Å². The summed E-state index contributed by atoms with van der Waals surface area (Å²) in [7, 11) is 0. The highest BCUT2D eigenvalue weighted by Gasteiger charge is 2.32. The van der Waals surface area contributed by atoms with Gasteiger partial charge in [0.1, 0.15) is 12.3 Å². The summed E-state index contributed by atoms with van der Waals surface area (Å²) in [6.45, 7) is 7.77. The van der Waals surface area contributed by atoms with Crippen molar-refractivity contribution in [2.24, 2.45) is 5.92 Å². The van der Waals surface area contributed by atoms with Crippen molar-refractivity contribution in [1.82, 2.24) is 19.6 Å². The number of fused-ring (bicyclic) bond motifs is 3. The molecule has 2 aliphatic heterocycles. The van der Waals surface area contributed by atoms with Crippen LogP contribution in [0.2, 0.25) is 0 Å². The molecule has 7 heteroatoms. The number of hydrogen-bond donors (Lipinski definition) is 0. The van der Waals surface area contributed by atoms with E-state index >= 15 is 0 Å². The molecular formula is C23H30N4O3. The molecule has 0 aromatic carbocycles. The third kappa shape index (κ3) is 3.34. The number of likely N-dealkylation sites (tertiary alicyclic amines) is 2. The lowest BCUT2D eigenvalue weighted by Crippen LogP contribution is -2.39. The van der Waals surface area contributed by atoms with Gasteiger partial charge in [0.2, 0.25) is 5.91 Å². The van der Waals surface area contributed by atoms with Gasteiger partial charge in [0.05, 0.1) is 5.69 Å². The summed E-state index contributed by atoms with van der Waals surface area (Å²) in [6, 6.07) is 0. The fourth-order valence-corrected chi connectivity index (χ4v) is 5.01. The van der Waals surface area contributed by atoms with E-state index in [0.29, 0.717) is 11.7 Å². The summed E-state index contributed by atoms with van der Waals surface area (Å²) in [6.07, 6.45) is 7.85. The standard InChI is InChI=1S/C23H30N4O3/c1-15-7-11-25(12-8-15)19(28)14-27-13-17-5-6-18-20(21(17)24-27)16(2)22(30-18)23(29)26-9-3-4-10-26/h13,15H,3-12,14H2,1-2H3. The van der Waals surface area contributed by atoms with E-state index in [9.17, 15) is 9.59 Å². The van der Waals surface area contributed by atoms with Gasteiger partial charge >= 0.3 is 0 Å². The largest absolute Gasteiger partial charge is 0.455 e. The lowest BCUT2D eigenvalue weighted by molar-refractivity contribution is -0.133. The van der Waals surface area contributed by atoms with Gasteiger partial charge in [0.25, 0.3) is 5.91 Å². The van der Waals surface area contributed by atoms with Crippen molar-refractivity contribution in [2.45, 2.75) is 58.9 Å². The van der Waals surface area contributed by atoms with Crippen LogP contribution >= 0.6 is 0 Å². The molecule has 0 N–H and O–H groups in total. The Morgan fingerprint density at radius 2 is 1.83 bits per heavy atom. The van der Waals surface area contributed by atoms with Gasteiger partial charge in [0.15, 0.2) is 5.76 Å². The fourth-order valence-electron chi connectivity index (χ4n) is 5.01. The normalized spacial score (nSPS) is 19.1. The Bertz CT molecular complexity index is 975. The SMILES string of the molecule is Cc1c(C(=O)N2CCCC2)oc2c1-c1nn(CC(=O)N3CCC(C)CC3)cc1CC2. The monoisotopic (exact) mass is 410 g/mol. The van der Waals surface area contributed by atoms with E-state index in [1.54, 1.807) is 4.68 Å². The highest BCUT2D eigenvalue weighted by atomic mass is 16.4. The van der Waals surface area contributed by atoms with E-state index in [1.807, 2.05) is 22.9 Å². The molecule has 0 bridgehead atoms. The fraction of sp³-hybridized carbons (Fsp3) is 0.609. The van der Waals surface area contributed by atoms with E-state index < -0.39 is 0 Å². The Kier molecular flexibility index (Phi) is 4.91. The Morgan fingerprint density at radius 3 is 2.57 bits per heavy atom. The minimum absolute atomic E-state index is 0.00473. The predicted molar refractivity (Wildman–Crippen MR) is 112 cm³/mol. The molecule has 30 heavy (non-hydrogen) atoms. The van der Waals surface area contributed by atoms with Crippen LogP contribution in [0.25, 0.3) is 11.3 Å². The molecule has 2 amide bonds. The molecule has 0 radical (unpaired) electrons. The second kappa shape index (κ2) is 7.60. The van der Waals surface area contributed by atoms with E-state index in [4.69, 9.17) is 9.52 Å². The second-order valence-corrected chi connectivity index (χ2v) is 9.12. The van der Waals surface area contributed by atoms with Crippen LogP contribution in [0.4, 0.5) is 0 Å². The molecule has 3 aliphatic rings. The van der Waals surface area contributed by atoms with Crippen LogP contribution in [0, 0.1) is 12.8 Å². The van der Waals surface area contributed by atoms with Crippen LogP contribution in [0.5, 0.6) is 0 Å². The van der Waals surface area contributed by atoms with Crippen molar-refractivity contribution < 1.29 is 14.0 Å². The van der Waals surface area contributed by atoms with Gasteiger partial charge in [0, 0.05) is 49.9 Å². The van der Waals surface area contributed by atoms with Crippen molar-refractivity contribution in [3.63, 3.8) is 0 Å². The Labute approximate surface area is 177 Å². The van der Waals surface area contributed by atoms with Gasteiger partial charge in [-0.1, -0.05) is 6.92 Å². The molecule has 0 saturated carbocycles. The number of amides is 2. The number of hydrogen-bond acceptors (Lipinski definition) is 4. The van der Waals surface area contributed by atoms with Crippen LogP contribution in [0.1, 0.15) is 60.0 Å². The number of aryl methyl sites for hydroxylation is 2. The number of piperidine rings is 1. The number of rotatable bonds is 3. The molecule has 1 aliphatic carbocycles. The minimum Gasteiger partial charge on any atom is -0.455 e. The Hall–Kier alpha value is -2.57. The maximum atomic E-state index is 12.9. The molecule has 0 unspecified atom stereocenters. The summed E-state index contributed by atoms with van der Waals surface area (Å²) in [4.78, 5) is 29.5. The molecule has 160 valence electrons. The molecule has 2 fully saturated rings. The van der Waals surface area contributed by atoms with Crippen LogP contribution in [0.15, 0.2) is 10.6 Å². The summed E-state index contributed by atoms with van der Waals surface area (Å²) >= 11 is 0. The average Bonchev–Trinajstić information content (AvgIpc) is 3.46. The van der Waals surface area contributed by atoms with Crippen LogP contribution in [-0.2, 0) is 24.2 Å². The molecule has 5 rings (SSSR count). The van der Waals surface area contributed by atoms with Crippen molar-refractivity contribution in [3.8, 4) is 11.3 Å². The van der Waals surface area contributed by atoms with Gasteiger partial charge in [-0.15, -0.1) is 0 Å². The highest BCUT2D eigenvalue weighted by Crippen LogP contribution is 2.38. The Balaban J connectivity index is 1.38. The third-order valence-corrected chi connectivity index (χ3v) is 6.94. The van der Waals surface area contributed by atoms with E-state index in [1.165, 1.54) is 0 Å². The predicted octanol–water partition coefficient (Wildman–Crippen LogP) is 3.04. The first-order chi connectivity index (χ1) is 14.5. The van der Waals surface area contributed by atoms with Crippen LogP contribution < -0.4 is 0 Å². The minimum atomic E-state index is -0.00473. The second-order valence-electron chi connectivity index (χ2n) is 9.12. The number of carbonyl (C=O) groups excluding carboxylic acids is 2. The first-order valence-corrected chi connectivity index (χ1v) is 11.3. The van der Waals surface area contributed by atoms with Crippen molar-refractivity contribution in [3.05, 3.63) is 28.8 Å². The first kappa shape index (κ1) is 19.4. The molecular weight excluding hydrogens is 380 g/mol. The van der Waals surface area contributed by atoms with Crippen molar-refractivity contribution >= 4 is 11.8 Å². The van der Waals surface area contributed by atoms with Crippen molar-refractivity contribution in [1.29, 1.82) is 0 Å². The zero-order chi connectivity index (χ0) is 20.8. The summed E-state index contributed by atoms with van der Waals surface area (Å²) < 4.78 is 7.82. The van der Waals surface area contributed by atoms with E-state index in [-0.39, 0.29) is 18.4 Å². The number of nitrogens with zero attached hydrogens (tertiary/aromatic N) is 4. The average molecular weight is 411 g/mol. The lowest BCUT2D eigenvalue weighted by Gasteiger charge is -2.30. The summed E-state index contributed by atoms with van der Waals surface area (Å²) in [5.41, 5.74) is 3.84. The molecule has 0 atom stereocenters. The third-order valence-electron chi connectivity index (χ3n) is 6.94. The highest BCUT2D eigenvalue weighted by molar-refractivity contribution is 5.95. The molecule has 2 aromatic rings. The first-order valence-electron chi connectivity index (χ1n) is 11.3. The van der Waals surface area contributed by atoms with E-state index in [0.717, 1.165) is 92.8 Å². The number of aromatic nitrogens is 2. The summed E-state index contributed by atoms with van der Waals surface area (Å²) in [5.74, 6) is 2.14.